The summed E-state index contributed by atoms with van der Waals surface area (Å²) in [5, 5.41) is 3.30. The number of hydrogen-bond donors (Lipinski definition) is 1. The molecule has 4 heteroatoms. The van der Waals surface area contributed by atoms with E-state index in [-0.39, 0.29) is 24.2 Å². The smallest absolute Gasteiger partial charge is 0.323 e. The van der Waals surface area contributed by atoms with E-state index in [2.05, 4.69) is 12.2 Å². The summed E-state index contributed by atoms with van der Waals surface area (Å²) < 4.78 is 11.0. The topological polar surface area (TPSA) is 47.6 Å². The number of hydrogen-bond acceptors (Lipinski definition) is 4. The molecule has 0 fully saturated rings. The van der Waals surface area contributed by atoms with E-state index < -0.39 is 5.60 Å². The molecule has 0 aliphatic heterocycles. The van der Waals surface area contributed by atoms with Crippen LogP contribution >= 0.6 is 0 Å². The molecule has 0 saturated carbocycles. The third-order valence-electron chi connectivity index (χ3n) is 2.43. The Labute approximate surface area is 118 Å². The van der Waals surface area contributed by atoms with Gasteiger partial charge in [0.05, 0.1) is 12.7 Å². The zero-order valence-electron chi connectivity index (χ0n) is 13.6. The molecule has 0 aromatic rings. The van der Waals surface area contributed by atoms with Crippen molar-refractivity contribution in [2.75, 3.05) is 6.61 Å². The third kappa shape index (κ3) is 9.91. The fourth-order valence-electron chi connectivity index (χ4n) is 1.66. The third-order valence-corrected chi connectivity index (χ3v) is 2.43. The van der Waals surface area contributed by atoms with Gasteiger partial charge >= 0.3 is 5.97 Å². The first-order valence-electron chi connectivity index (χ1n) is 7.26. The Morgan fingerprint density at radius 1 is 1.21 bits per heavy atom. The van der Waals surface area contributed by atoms with E-state index in [4.69, 9.17) is 9.47 Å². The molecule has 0 spiro atoms. The van der Waals surface area contributed by atoms with E-state index in [0.29, 0.717) is 6.61 Å². The van der Waals surface area contributed by atoms with Gasteiger partial charge in [-0.2, -0.15) is 0 Å². The standard InChI is InChI=1S/C15H31NO3/c1-8-9-13(14(17)19-15(5,6)7)16-12(4)10-18-11(2)3/h11-13,16H,8-10H2,1-7H3/t12-,13-/m0/s1. The van der Waals surface area contributed by atoms with Gasteiger partial charge in [0.1, 0.15) is 11.6 Å². The quantitative estimate of drug-likeness (QED) is 0.691. The van der Waals surface area contributed by atoms with Crippen molar-refractivity contribution in [3.63, 3.8) is 0 Å². The minimum atomic E-state index is -0.442. The number of esters is 1. The highest BCUT2D eigenvalue weighted by Crippen LogP contribution is 2.11. The van der Waals surface area contributed by atoms with Gasteiger partial charge in [-0.1, -0.05) is 13.3 Å². The molecule has 2 atom stereocenters. The Bertz CT molecular complexity index is 259. The predicted molar refractivity (Wildman–Crippen MR) is 78.2 cm³/mol. The monoisotopic (exact) mass is 273 g/mol. The van der Waals surface area contributed by atoms with E-state index in [1.165, 1.54) is 0 Å². The maximum absolute atomic E-state index is 12.1. The molecule has 0 unspecified atom stereocenters. The minimum absolute atomic E-state index is 0.131. The Morgan fingerprint density at radius 3 is 2.21 bits per heavy atom. The summed E-state index contributed by atoms with van der Waals surface area (Å²) >= 11 is 0. The molecule has 4 nitrogen and oxygen atoms in total. The van der Waals surface area contributed by atoms with Gasteiger partial charge in [-0.15, -0.1) is 0 Å². The van der Waals surface area contributed by atoms with E-state index in [1.807, 2.05) is 41.5 Å². The van der Waals surface area contributed by atoms with Crippen molar-refractivity contribution in [2.24, 2.45) is 0 Å². The maximum Gasteiger partial charge on any atom is 0.323 e. The molecule has 19 heavy (non-hydrogen) atoms. The summed E-state index contributed by atoms with van der Waals surface area (Å²) in [6.45, 7) is 14.4. The van der Waals surface area contributed by atoms with Crippen LogP contribution in [0.5, 0.6) is 0 Å². The molecular formula is C15H31NO3. The summed E-state index contributed by atoms with van der Waals surface area (Å²) in [7, 11) is 0. The normalized spacial score (nSPS) is 15.4. The van der Waals surface area contributed by atoms with Crippen LogP contribution < -0.4 is 5.32 Å². The van der Waals surface area contributed by atoms with Crippen molar-refractivity contribution in [2.45, 2.75) is 85.1 Å². The van der Waals surface area contributed by atoms with E-state index >= 15 is 0 Å². The highest BCUT2D eigenvalue weighted by molar-refractivity contribution is 5.76. The average Bonchev–Trinajstić information content (AvgIpc) is 2.23. The molecule has 0 rings (SSSR count). The predicted octanol–water partition coefficient (Wildman–Crippen LogP) is 2.90. The van der Waals surface area contributed by atoms with E-state index in [0.717, 1.165) is 12.8 Å². The summed E-state index contributed by atoms with van der Waals surface area (Å²) in [6, 6.07) is -0.124. The van der Waals surface area contributed by atoms with E-state index in [9.17, 15) is 4.79 Å². The number of carbonyl (C=O) groups excluding carboxylic acids is 1. The van der Waals surface area contributed by atoms with Crippen LogP contribution in [0.3, 0.4) is 0 Å². The van der Waals surface area contributed by atoms with Crippen molar-refractivity contribution in [3.8, 4) is 0 Å². The van der Waals surface area contributed by atoms with Crippen LogP contribution in [-0.2, 0) is 14.3 Å². The number of carbonyl (C=O) groups is 1. The maximum atomic E-state index is 12.1. The van der Waals surface area contributed by atoms with Gasteiger partial charge < -0.3 is 9.47 Å². The van der Waals surface area contributed by atoms with Crippen LogP contribution in [0.25, 0.3) is 0 Å². The summed E-state index contributed by atoms with van der Waals surface area (Å²) in [5.74, 6) is -0.175. The van der Waals surface area contributed by atoms with Crippen LogP contribution in [0.2, 0.25) is 0 Å². The second kappa shape index (κ2) is 8.54. The first-order chi connectivity index (χ1) is 8.65. The van der Waals surface area contributed by atoms with Gasteiger partial charge in [-0.3, -0.25) is 10.1 Å². The van der Waals surface area contributed by atoms with Crippen LogP contribution in [0.1, 0.15) is 61.3 Å². The molecule has 0 bridgehead atoms. The molecule has 0 aliphatic rings. The van der Waals surface area contributed by atoms with Crippen LogP contribution in [0.15, 0.2) is 0 Å². The van der Waals surface area contributed by atoms with Gasteiger partial charge in [-0.25, -0.2) is 0 Å². The molecule has 0 saturated heterocycles. The van der Waals surface area contributed by atoms with Crippen molar-refractivity contribution in [1.29, 1.82) is 0 Å². The number of rotatable bonds is 8. The first kappa shape index (κ1) is 18.4. The van der Waals surface area contributed by atoms with Gasteiger partial charge in [0.25, 0.3) is 0 Å². The molecule has 0 amide bonds. The second-order valence-corrected chi connectivity index (χ2v) is 6.32. The van der Waals surface area contributed by atoms with Gasteiger partial charge in [0, 0.05) is 6.04 Å². The van der Waals surface area contributed by atoms with Crippen molar-refractivity contribution in [3.05, 3.63) is 0 Å². The summed E-state index contributed by atoms with van der Waals surface area (Å²) in [5.41, 5.74) is -0.442. The molecule has 1 N–H and O–H groups in total. The zero-order chi connectivity index (χ0) is 15.1. The van der Waals surface area contributed by atoms with Gasteiger partial charge in [0.15, 0.2) is 0 Å². The van der Waals surface area contributed by atoms with Crippen molar-refractivity contribution < 1.29 is 14.3 Å². The summed E-state index contributed by atoms with van der Waals surface area (Å²) in [6.07, 6.45) is 1.92. The van der Waals surface area contributed by atoms with Crippen LogP contribution in [0.4, 0.5) is 0 Å². The minimum Gasteiger partial charge on any atom is -0.459 e. The van der Waals surface area contributed by atoms with E-state index in [1.54, 1.807) is 0 Å². The molecule has 0 aromatic heterocycles. The van der Waals surface area contributed by atoms with Crippen LogP contribution in [0, 0.1) is 0 Å². The molecule has 114 valence electrons. The van der Waals surface area contributed by atoms with Gasteiger partial charge in [-0.05, 0) is 48.0 Å². The van der Waals surface area contributed by atoms with Crippen molar-refractivity contribution >= 4 is 5.97 Å². The average molecular weight is 273 g/mol. The largest absolute Gasteiger partial charge is 0.459 e. The lowest BCUT2D eigenvalue weighted by molar-refractivity contribution is -0.158. The Kier molecular flexibility index (Phi) is 8.26. The lowest BCUT2D eigenvalue weighted by atomic mass is 10.1. The lowest BCUT2D eigenvalue weighted by Crippen LogP contribution is -2.46. The molecule has 0 heterocycles. The summed E-state index contributed by atoms with van der Waals surface area (Å²) in [4.78, 5) is 12.1. The zero-order valence-corrected chi connectivity index (χ0v) is 13.6. The fraction of sp³-hybridized carbons (Fsp3) is 0.933. The number of ether oxygens (including phenoxy) is 2. The van der Waals surface area contributed by atoms with Crippen molar-refractivity contribution in [1.82, 2.24) is 5.32 Å². The molecule has 0 aliphatic carbocycles. The fourth-order valence-corrected chi connectivity index (χ4v) is 1.66. The molecule has 0 radical (unpaired) electrons. The molecular weight excluding hydrogens is 242 g/mol. The highest BCUT2D eigenvalue weighted by atomic mass is 16.6. The highest BCUT2D eigenvalue weighted by Gasteiger charge is 2.25. The first-order valence-corrected chi connectivity index (χ1v) is 7.26. The lowest BCUT2D eigenvalue weighted by Gasteiger charge is -2.26. The SMILES string of the molecule is CCC[C@H](N[C@@H](C)COC(C)C)C(=O)OC(C)(C)C. The van der Waals surface area contributed by atoms with Crippen LogP contribution in [-0.4, -0.2) is 36.4 Å². The van der Waals surface area contributed by atoms with Gasteiger partial charge in [0.2, 0.25) is 0 Å². The Morgan fingerprint density at radius 2 is 1.79 bits per heavy atom. The number of nitrogens with one attached hydrogen (secondary N) is 1. The Balaban J connectivity index is 4.35. The molecule has 0 aromatic carbocycles. The Hall–Kier alpha value is -0.610. The second-order valence-electron chi connectivity index (χ2n) is 6.32.